The van der Waals surface area contributed by atoms with E-state index in [0.29, 0.717) is 23.2 Å². The zero-order valence-corrected chi connectivity index (χ0v) is 12.6. The second-order valence-corrected chi connectivity index (χ2v) is 6.05. The lowest BCUT2D eigenvalue weighted by Gasteiger charge is -2.04. The lowest BCUT2D eigenvalue weighted by atomic mass is 10.2. The summed E-state index contributed by atoms with van der Waals surface area (Å²) in [5.41, 5.74) is 2.76. The molecule has 2 aromatic rings. The Labute approximate surface area is 125 Å². The third-order valence-electron chi connectivity index (χ3n) is 3.26. The number of anilines is 1. The fraction of sp³-hybridized carbons (Fsp3) is 0.385. The van der Waals surface area contributed by atoms with E-state index in [1.54, 1.807) is 10.8 Å². The van der Waals surface area contributed by atoms with Gasteiger partial charge in [0.1, 0.15) is 0 Å². The first-order valence-electron chi connectivity index (χ1n) is 6.43. The number of thiophene rings is 1. The van der Waals surface area contributed by atoms with Gasteiger partial charge in [-0.3, -0.25) is 4.68 Å². The van der Waals surface area contributed by atoms with Crippen molar-refractivity contribution in [3.05, 3.63) is 33.2 Å². The molecule has 0 spiro atoms. The summed E-state index contributed by atoms with van der Waals surface area (Å²) in [6.07, 6.45) is 2.48. The number of hydrogen-bond donors (Lipinski definition) is 2. The van der Waals surface area contributed by atoms with Gasteiger partial charge in [0, 0.05) is 29.4 Å². The van der Waals surface area contributed by atoms with Crippen molar-refractivity contribution < 1.29 is 4.79 Å². The van der Waals surface area contributed by atoms with Crippen molar-refractivity contribution in [3.8, 4) is 0 Å². The van der Waals surface area contributed by atoms with Crippen molar-refractivity contribution in [2.45, 2.75) is 25.3 Å². The van der Waals surface area contributed by atoms with Gasteiger partial charge >= 0.3 is 6.03 Å². The number of aromatic nitrogens is 2. The van der Waals surface area contributed by atoms with Crippen molar-refractivity contribution in [2.24, 2.45) is 7.05 Å². The Hall–Kier alpha value is -1.53. The summed E-state index contributed by atoms with van der Waals surface area (Å²) >= 11 is 7.37. The van der Waals surface area contributed by atoms with Crippen LogP contribution in [0.1, 0.15) is 30.1 Å². The molecule has 0 bridgehead atoms. The van der Waals surface area contributed by atoms with Crippen molar-refractivity contribution in [3.63, 3.8) is 0 Å². The Morgan fingerprint density at radius 1 is 1.55 bits per heavy atom. The predicted molar refractivity (Wildman–Crippen MR) is 80.4 cm³/mol. The van der Waals surface area contributed by atoms with Gasteiger partial charge in [0.25, 0.3) is 0 Å². The molecule has 0 aliphatic heterocycles. The molecular formula is C13H15ClN4OS. The first-order valence-corrected chi connectivity index (χ1v) is 7.75. The minimum Gasteiger partial charge on any atom is -0.332 e. The van der Waals surface area contributed by atoms with Crippen LogP contribution in [0, 0.1) is 0 Å². The highest BCUT2D eigenvalue weighted by Gasteiger charge is 2.27. The van der Waals surface area contributed by atoms with Crippen LogP contribution in [0.5, 0.6) is 0 Å². The minimum absolute atomic E-state index is 0.274. The first kappa shape index (κ1) is 13.5. The van der Waals surface area contributed by atoms with Crippen LogP contribution in [0.25, 0.3) is 0 Å². The number of halogens is 1. The third-order valence-corrected chi connectivity index (χ3v) is 4.44. The Morgan fingerprint density at radius 2 is 2.35 bits per heavy atom. The number of amides is 2. The average Bonchev–Trinajstić information content (AvgIpc) is 3.08. The van der Waals surface area contributed by atoms with E-state index in [1.165, 1.54) is 29.9 Å². The zero-order valence-electron chi connectivity index (χ0n) is 11.0. The highest BCUT2D eigenvalue weighted by atomic mass is 35.5. The van der Waals surface area contributed by atoms with Gasteiger partial charge in [-0.15, -0.1) is 11.3 Å². The van der Waals surface area contributed by atoms with E-state index in [2.05, 4.69) is 21.8 Å². The zero-order chi connectivity index (χ0) is 14.1. The maximum Gasteiger partial charge on any atom is 0.319 e. The average molecular weight is 311 g/mol. The number of rotatable bonds is 4. The Morgan fingerprint density at radius 3 is 3.00 bits per heavy atom. The lowest BCUT2D eigenvalue weighted by molar-refractivity contribution is 0.251. The lowest BCUT2D eigenvalue weighted by Crippen LogP contribution is -2.28. The molecule has 2 amide bonds. The maximum atomic E-state index is 11.8. The summed E-state index contributed by atoms with van der Waals surface area (Å²) in [5, 5.41) is 14.0. The van der Waals surface area contributed by atoms with Gasteiger partial charge in [-0.25, -0.2) is 4.79 Å². The quantitative estimate of drug-likeness (QED) is 0.910. The second kappa shape index (κ2) is 5.46. The van der Waals surface area contributed by atoms with Crippen LogP contribution >= 0.6 is 22.9 Å². The molecule has 0 saturated heterocycles. The molecule has 106 valence electrons. The molecule has 7 heteroatoms. The van der Waals surface area contributed by atoms with Crippen LogP contribution in [0.2, 0.25) is 5.02 Å². The van der Waals surface area contributed by atoms with Gasteiger partial charge in [0.05, 0.1) is 22.9 Å². The molecule has 2 N–H and O–H groups in total. The predicted octanol–water partition coefficient (Wildman–Crippen LogP) is 3.33. The van der Waals surface area contributed by atoms with Gasteiger partial charge in [-0.05, 0) is 18.9 Å². The van der Waals surface area contributed by atoms with E-state index in [-0.39, 0.29) is 6.03 Å². The van der Waals surface area contributed by atoms with Crippen LogP contribution in [0.3, 0.4) is 0 Å². The van der Waals surface area contributed by atoms with Crippen LogP contribution < -0.4 is 10.6 Å². The summed E-state index contributed by atoms with van der Waals surface area (Å²) in [6.45, 7) is 0.411. The summed E-state index contributed by atoms with van der Waals surface area (Å²) in [6, 6.07) is 1.79. The molecule has 5 nitrogen and oxygen atoms in total. The Balaban J connectivity index is 1.55. The summed E-state index contributed by atoms with van der Waals surface area (Å²) in [5.74, 6) is 0.652. The monoisotopic (exact) mass is 310 g/mol. The fourth-order valence-corrected chi connectivity index (χ4v) is 3.06. The van der Waals surface area contributed by atoms with Gasteiger partial charge in [-0.1, -0.05) is 11.6 Å². The molecule has 3 rings (SSSR count). The topological polar surface area (TPSA) is 59.0 Å². The molecule has 0 unspecified atom stereocenters. The van der Waals surface area contributed by atoms with Gasteiger partial charge < -0.3 is 10.6 Å². The molecule has 2 aromatic heterocycles. The van der Waals surface area contributed by atoms with Gasteiger partial charge in [0.2, 0.25) is 0 Å². The second-order valence-electron chi connectivity index (χ2n) is 4.90. The minimum atomic E-state index is -0.274. The van der Waals surface area contributed by atoms with E-state index >= 15 is 0 Å². The van der Waals surface area contributed by atoms with Crippen LogP contribution in [-0.4, -0.2) is 15.8 Å². The summed E-state index contributed by atoms with van der Waals surface area (Å²) in [4.78, 5) is 11.8. The van der Waals surface area contributed by atoms with Crippen LogP contribution in [-0.2, 0) is 13.6 Å². The van der Waals surface area contributed by atoms with E-state index in [0.717, 1.165) is 5.69 Å². The molecule has 1 saturated carbocycles. The van der Waals surface area contributed by atoms with Crippen molar-refractivity contribution in [1.82, 2.24) is 15.1 Å². The number of carbonyl (C=O) groups excluding carboxylic acids is 1. The van der Waals surface area contributed by atoms with Gasteiger partial charge in [-0.2, -0.15) is 5.10 Å². The van der Waals surface area contributed by atoms with E-state index < -0.39 is 0 Å². The molecule has 1 aliphatic carbocycles. The number of hydrogen-bond acceptors (Lipinski definition) is 3. The summed E-state index contributed by atoms with van der Waals surface area (Å²) < 4.78 is 1.91. The molecule has 0 atom stereocenters. The van der Waals surface area contributed by atoms with E-state index in [1.807, 2.05) is 11.7 Å². The van der Waals surface area contributed by atoms with Crippen molar-refractivity contribution >= 4 is 34.7 Å². The number of urea groups is 1. The number of nitrogens with one attached hydrogen (secondary N) is 2. The van der Waals surface area contributed by atoms with Crippen LogP contribution in [0.4, 0.5) is 10.5 Å². The summed E-state index contributed by atoms with van der Waals surface area (Å²) in [7, 11) is 1.95. The largest absolute Gasteiger partial charge is 0.332 e. The molecule has 2 heterocycles. The van der Waals surface area contributed by atoms with Crippen molar-refractivity contribution in [2.75, 3.05) is 5.32 Å². The molecular weight excluding hydrogens is 296 g/mol. The molecule has 1 fully saturated rings. The standard InChI is InChI=1S/C13H15ClN4OS/c1-18-12(8-2-3-8)4-9(17-18)5-15-13(19)16-11-7-20-6-10(11)14/h4,6-8H,2-3,5H2,1H3,(H2,15,16,19). The smallest absolute Gasteiger partial charge is 0.319 e. The maximum absolute atomic E-state index is 11.8. The molecule has 1 aliphatic rings. The van der Waals surface area contributed by atoms with E-state index in [4.69, 9.17) is 11.6 Å². The number of aryl methyl sites for hydroxylation is 1. The SMILES string of the molecule is Cn1nc(CNC(=O)Nc2cscc2Cl)cc1C1CC1. The highest BCUT2D eigenvalue weighted by molar-refractivity contribution is 7.09. The fourth-order valence-electron chi connectivity index (χ4n) is 2.10. The Bertz CT molecular complexity index is 632. The number of nitrogens with zero attached hydrogens (tertiary/aromatic N) is 2. The van der Waals surface area contributed by atoms with Crippen molar-refractivity contribution in [1.29, 1.82) is 0 Å². The normalized spacial score (nSPS) is 14.3. The Kier molecular flexibility index (Phi) is 3.67. The molecule has 20 heavy (non-hydrogen) atoms. The van der Waals surface area contributed by atoms with E-state index in [9.17, 15) is 4.79 Å². The van der Waals surface area contributed by atoms with Gasteiger partial charge in [0.15, 0.2) is 0 Å². The molecule has 0 aromatic carbocycles. The highest BCUT2D eigenvalue weighted by Crippen LogP contribution is 2.39. The third kappa shape index (κ3) is 2.96. The number of carbonyl (C=O) groups is 1. The molecule has 0 radical (unpaired) electrons. The first-order chi connectivity index (χ1) is 9.63. The van der Waals surface area contributed by atoms with Crippen LogP contribution in [0.15, 0.2) is 16.8 Å².